The van der Waals surface area contributed by atoms with Gasteiger partial charge in [-0.2, -0.15) is 0 Å². The van der Waals surface area contributed by atoms with E-state index in [0.717, 1.165) is 0 Å². The molecule has 2 aromatic carbocycles. The Morgan fingerprint density at radius 3 is 2.05 bits per heavy atom. The summed E-state index contributed by atoms with van der Waals surface area (Å²) in [6.45, 7) is 16.4. The summed E-state index contributed by atoms with van der Waals surface area (Å²) < 4.78 is 0. The molecule has 0 spiro atoms. The van der Waals surface area contributed by atoms with E-state index in [4.69, 9.17) is 0 Å². The van der Waals surface area contributed by atoms with Crippen LogP contribution in [0.5, 0.6) is 0 Å². The van der Waals surface area contributed by atoms with Crippen LogP contribution in [0.3, 0.4) is 0 Å². The summed E-state index contributed by atoms with van der Waals surface area (Å²) in [5.74, 6) is 0. The quantitative estimate of drug-likeness (QED) is 0.543. The molecule has 0 nitrogen and oxygen atoms in total. The van der Waals surface area contributed by atoms with E-state index >= 15 is 0 Å². The van der Waals surface area contributed by atoms with Gasteiger partial charge in [-0.1, -0.05) is 71.0 Å². The Morgan fingerprint density at radius 1 is 1.00 bits per heavy atom. The van der Waals surface area contributed by atoms with Gasteiger partial charge in [0, 0.05) is 0 Å². The predicted molar refractivity (Wildman–Crippen MR) is 90.8 cm³/mol. The smallest absolute Gasteiger partial charge is 0.0152 e. The largest absolute Gasteiger partial charge is 0.0985 e. The minimum atomic E-state index is 1.24. The summed E-state index contributed by atoms with van der Waals surface area (Å²) >= 11 is 0. The van der Waals surface area contributed by atoms with E-state index in [1.165, 1.54) is 33.9 Å². The molecule has 19 heavy (non-hydrogen) atoms. The van der Waals surface area contributed by atoms with Gasteiger partial charge in [-0.3, -0.25) is 0 Å². The summed E-state index contributed by atoms with van der Waals surface area (Å²) in [7, 11) is 0. The Bertz CT molecular complexity index is 507. The summed E-state index contributed by atoms with van der Waals surface area (Å²) in [4.78, 5) is 0. The zero-order valence-corrected chi connectivity index (χ0v) is 13.4. The van der Waals surface area contributed by atoms with Crippen LogP contribution in [0.25, 0.3) is 16.8 Å². The fourth-order valence-electron chi connectivity index (χ4n) is 1.87. The third-order valence-corrected chi connectivity index (χ3v) is 2.89. The molecule has 0 aromatic heterocycles. The first-order valence-corrected chi connectivity index (χ1v) is 7.27. The fourth-order valence-corrected chi connectivity index (χ4v) is 1.87. The number of benzene rings is 2. The maximum atomic E-state index is 3.84. The standard InChI is InChI=1S/C14H14.C3H8.C2H6/c1-4-12-9-13-7-5-6-8-14(13)11(3)10(12)2;1-3-2;1-2/h4-9H,1H2,2-3H3;3H2,1-2H3;1-2H3. The highest BCUT2D eigenvalue weighted by atomic mass is 14.1. The zero-order chi connectivity index (χ0) is 14.8. The molecule has 0 N–H and O–H groups in total. The average molecular weight is 256 g/mol. The van der Waals surface area contributed by atoms with Crippen LogP contribution in [-0.2, 0) is 0 Å². The lowest BCUT2D eigenvalue weighted by atomic mass is 9.96. The first-order valence-electron chi connectivity index (χ1n) is 7.27. The molecule has 2 aromatic rings. The second-order valence-corrected chi connectivity index (χ2v) is 4.35. The molecule has 0 aliphatic carbocycles. The molecular weight excluding hydrogens is 228 g/mol. The number of aryl methyl sites for hydroxylation is 1. The molecule has 2 rings (SSSR count). The van der Waals surface area contributed by atoms with Crippen LogP contribution in [0.1, 0.15) is 50.8 Å². The van der Waals surface area contributed by atoms with Crippen molar-refractivity contribution in [3.8, 4) is 0 Å². The van der Waals surface area contributed by atoms with Crippen LogP contribution in [0.4, 0.5) is 0 Å². The van der Waals surface area contributed by atoms with Crippen LogP contribution in [0.2, 0.25) is 0 Å². The molecule has 0 fully saturated rings. The molecule has 0 heterocycles. The van der Waals surface area contributed by atoms with Crippen LogP contribution in [0, 0.1) is 13.8 Å². The van der Waals surface area contributed by atoms with Gasteiger partial charge in [0.2, 0.25) is 0 Å². The topological polar surface area (TPSA) is 0 Å². The van der Waals surface area contributed by atoms with Crippen molar-refractivity contribution in [3.63, 3.8) is 0 Å². The van der Waals surface area contributed by atoms with Gasteiger partial charge in [-0.05, 0) is 47.4 Å². The predicted octanol–water partition coefficient (Wildman–Crippen LogP) is 6.54. The Balaban J connectivity index is 0.000000573. The fraction of sp³-hybridized carbons (Fsp3) is 0.368. The van der Waals surface area contributed by atoms with Gasteiger partial charge < -0.3 is 0 Å². The molecule has 0 unspecified atom stereocenters. The van der Waals surface area contributed by atoms with Gasteiger partial charge >= 0.3 is 0 Å². The van der Waals surface area contributed by atoms with Gasteiger partial charge in [0.05, 0.1) is 0 Å². The van der Waals surface area contributed by atoms with Crippen molar-refractivity contribution in [2.24, 2.45) is 0 Å². The summed E-state index contributed by atoms with van der Waals surface area (Å²) in [5, 5.41) is 2.64. The molecule has 0 aliphatic heterocycles. The minimum Gasteiger partial charge on any atom is -0.0985 e. The van der Waals surface area contributed by atoms with Crippen LogP contribution in [-0.4, -0.2) is 0 Å². The van der Waals surface area contributed by atoms with Gasteiger partial charge in [-0.15, -0.1) is 0 Å². The molecule has 0 saturated heterocycles. The second-order valence-electron chi connectivity index (χ2n) is 4.35. The molecular formula is C19H28. The van der Waals surface area contributed by atoms with E-state index in [2.05, 4.69) is 64.6 Å². The third kappa shape index (κ3) is 4.55. The summed E-state index contributed by atoms with van der Waals surface area (Å²) in [5.41, 5.74) is 3.93. The van der Waals surface area contributed by atoms with Gasteiger partial charge in [-0.25, -0.2) is 0 Å². The highest BCUT2D eigenvalue weighted by molar-refractivity contribution is 5.89. The van der Waals surface area contributed by atoms with E-state index in [9.17, 15) is 0 Å². The first kappa shape index (κ1) is 17.4. The second kappa shape index (κ2) is 9.38. The Morgan fingerprint density at radius 2 is 1.53 bits per heavy atom. The minimum absolute atomic E-state index is 1.24. The van der Waals surface area contributed by atoms with E-state index in [0.29, 0.717) is 0 Å². The number of rotatable bonds is 1. The molecule has 0 saturated carbocycles. The van der Waals surface area contributed by atoms with Crippen LogP contribution < -0.4 is 0 Å². The van der Waals surface area contributed by atoms with Gasteiger partial charge in [0.25, 0.3) is 0 Å². The van der Waals surface area contributed by atoms with Crippen molar-refractivity contribution >= 4 is 16.8 Å². The molecule has 0 bridgehead atoms. The first-order chi connectivity index (χ1) is 9.15. The van der Waals surface area contributed by atoms with E-state index < -0.39 is 0 Å². The molecule has 104 valence electrons. The maximum Gasteiger partial charge on any atom is -0.0152 e. The van der Waals surface area contributed by atoms with Crippen molar-refractivity contribution in [1.82, 2.24) is 0 Å². The molecule has 0 atom stereocenters. The van der Waals surface area contributed by atoms with E-state index in [1.54, 1.807) is 0 Å². The van der Waals surface area contributed by atoms with Crippen molar-refractivity contribution in [1.29, 1.82) is 0 Å². The van der Waals surface area contributed by atoms with Crippen LogP contribution >= 0.6 is 0 Å². The Labute approximate surface area is 119 Å². The maximum absolute atomic E-state index is 3.84. The highest BCUT2D eigenvalue weighted by Crippen LogP contribution is 2.25. The van der Waals surface area contributed by atoms with Crippen molar-refractivity contribution in [2.45, 2.75) is 48.0 Å². The number of fused-ring (bicyclic) bond motifs is 1. The number of hydrogen-bond donors (Lipinski definition) is 0. The lowest BCUT2D eigenvalue weighted by Gasteiger charge is -2.09. The summed E-state index contributed by atoms with van der Waals surface area (Å²) in [6, 6.07) is 10.7. The lowest BCUT2D eigenvalue weighted by molar-refractivity contribution is 1.09. The normalized spacial score (nSPS) is 8.95. The van der Waals surface area contributed by atoms with Gasteiger partial charge in [0.1, 0.15) is 0 Å². The van der Waals surface area contributed by atoms with Crippen LogP contribution in [0.15, 0.2) is 36.9 Å². The van der Waals surface area contributed by atoms with Crippen molar-refractivity contribution < 1.29 is 0 Å². The molecule has 0 amide bonds. The molecule has 0 heteroatoms. The summed E-state index contributed by atoms with van der Waals surface area (Å²) in [6.07, 6.45) is 3.18. The van der Waals surface area contributed by atoms with E-state index in [1.807, 2.05) is 19.9 Å². The Hall–Kier alpha value is -1.56. The van der Waals surface area contributed by atoms with Crippen molar-refractivity contribution in [3.05, 3.63) is 53.6 Å². The third-order valence-electron chi connectivity index (χ3n) is 2.89. The van der Waals surface area contributed by atoms with Gasteiger partial charge in [0.15, 0.2) is 0 Å². The number of hydrogen-bond acceptors (Lipinski definition) is 0. The monoisotopic (exact) mass is 256 g/mol. The average Bonchev–Trinajstić information content (AvgIpc) is 2.46. The Kier molecular flexibility index (Phi) is 8.61. The molecule has 0 radical (unpaired) electrons. The van der Waals surface area contributed by atoms with E-state index in [-0.39, 0.29) is 0 Å². The SMILES string of the molecule is C=Cc1cc2ccccc2c(C)c1C.CC.CCC. The zero-order valence-electron chi connectivity index (χ0n) is 13.4. The lowest BCUT2D eigenvalue weighted by Crippen LogP contribution is -1.88. The van der Waals surface area contributed by atoms with Crippen molar-refractivity contribution in [2.75, 3.05) is 0 Å². The molecule has 0 aliphatic rings. The highest BCUT2D eigenvalue weighted by Gasteiger charge is 2.03.